The third-order valence-corrected chi connectivity index (χ3v) is 4.10. The van der Waals surface area contributed by atoms with Crippen LogP contribution in [-0.4, -0.2) is 33.4 Å². The Labute approximate surface area is 141 Å². The van der Waals surface area contributed by atoms with E-state index in [2.05, 4.69) is 10.4 Å². The number of aliphatic hydroxyl groups is 1. The largest absolute Gasteiger partial charge is 0.394 e. The van der Waals surface area contributed by atoms with Crippen LogP contribution in [0.2, 0.25) is 0 Å². The third kappa shape index (κ3) is 4.52. The van der Waals surface area contributed by atoms with Crippen molar-refractivity contribution in [3.05, 3.63) is 52.8 Å². The molecule has 2 rings (SSSR count). The molecule has 1 amide bonds. The van der Waals surface area contributed by atoms with Gasteiger partial charge in [0.25, 0.3) is 5.56 Å². The molecule has 2 atom stereocenters. The normalized spacial score (nSPS) is 13.3. The zero-order valence-corrected chi connectivity index (χ0v) is 14.0. The van der Waals surface area contributed by atoms with Gasteiger partial charge in [0.2, 0.25) is 5.91 Å². The van der Waals surface area contributed by atoms with Gasteiger partial charge in [-0.05, 0) is 12.0 Å². The smallest absolute Gasteiger partial charge is 0.267 e. The summed E-state index contributed by atoms with van der Waals surface area (Å²) in [6.45, 7) is 3.65. The van der Waals surface area contributed by atoms with Crippen LogP contribution in [0.3, 0.4) is 0 Å². The maximum atomic E-state index is 12.2. The highest BCUT2D eigenvalue weighted by Crippen LogP contribution is 2.14. The number of hydrogen-bond acceptors (Lipinski definition) is 4. The fourth-order valence-corrected chi connectivity index (χ4v) is 2.37. The lowest BCUT2D eigenvalue weighted by Crippen LogP contribution is -2.44. The summed E-state index contributed by atoms with van der Waals surface area (Å²) in [6.07, 6.45) is 0.840. The maximum Gasteiger partial charge on any atom is 0.267 e. The summed E-state index contributed by atoms with van der Waals surface area (Å²) in [4.78, 5) is 24.1. The molecule has 1 aromatic heterocycles. The molecule has 0 bridgehead atoms. The summed E-state index contributed by atoms with van der Waals surface area (Å²) in [6, 6.07) is 12.2. The van der Waals surface area contributed by atoms with Crippen LogP contribution >= 0.6 is 0 Å². The van der Waals surface area contributed by atoms with Gasteiger partial charge in [0.05, 0.1) is 18.3 Å². The second-order valence-corrected chi connectivity index (χ2v) is 5.82. The van der Waals surface area contributed by atoms with Crippen LogP contribution in [0.5, 0.6) is 0 Å². The number of benzene rings is 1. The molecule has 0 aliphatic heterocycles. The summed E-state index contributed by atoms with van der Waals surface area (Å²) < 4.78 is 1.14. The Kier molecular flexibility index (Phi) is 6.26. The van der Waals surface area contributed by atoms with Gasteiger partial charge >= 0.3 is 0 Å². The molecule has 0 spiro atoms. The number of nitrogens with one attached hydrogen (secondary N) is 1. The number of hydrogen-bond donors (Lipinski definition) is 2. The van der Waals surface area contributed by atoms with Crippen LogP contribution in [0, 0.1) is 5.92 Å². The Balaban J connectivity index is 2.14. The Hall–Kier alpha value is -2.47. The van der Waals surface area contributed by atoms with E-state index < -0.39 is 0 Å². The van der Waals surface area contributed by atoms with Gasteiger partial charge < -0.3 is 10.4 Å². The van der Waals surface area contributed by atoms with Crippen LogP contribution in [0.4, 0.5) is 0 Å². The van der Waals surface area contributed by atoms with Gasteiger partial charge in [-0.15, -0.1) is 0 Å². The fraction of sp³-hybridized carbons (Fsp3) is 0.389. The lowest BCUT2D eigenvalue weighted by atomic mass is 10.00. The van der Waals surface area contributed by atoms with Crippen molar-refractivity contribution in [1.82, 2.24) is 15.1 Å². The Morgan fingerprint density at radius 2 is 1.96 bits per heavy atom. The molecule has 0 fully saturated rings. The summed E-state index contributed by atoms with van der Waals surface area (Å²) in [5.41, 5.74) is 1.16. The van der Waals surface area contributed by atoms with Crippen molar-refractivity contribution < 1.29 is 9.90 Å². The summed E-state index contributed by atoms with van der Waals surface area (Å²) in [5.74, 6) is -0.187. The van der Waals surface area contributed by atoms with Crippen molar-refractivity contribution in [3.8, 4) is 11.3 Å². The maximum absolute atomic E-state index is 12.2. The van der Waals surface area contributed by atoms with E-state index in [1.807, 2.05) is 44.2 Å². The zero-order valence-electron chi connectivity index (χ0n) is 14.0. The molecular formula is C18H23N3O3. The molecular weight excluding hydrogens is 306 g/mol. The number of aliphatic hydroxyl groups excluding tert-OH is 1. The van der Waals surface area contributed by atoms with E-state index in [0.717, 1.165) is 16.7 Å². The lowest BCUT2D eigenvalue weighted by molar-refractivity contribution is -0.123. The van der Waals surface area contributed by atoms with Crippen LogP contribution in [0.25, 0.3) is 11.3 Å². The molecule has 2 N–H and O–H groups in total. The predicted octanol–water partition coefficient (Wildman–Crippen LogP) is 1.43. The van der Waals surface area contributed by atoms with Crippen LogP contribution in [0.1, 0.15) is 20.3 Å². The van der Waals surface area contributed by atoms with E-state index >= 15 is 0 Å². The van der Waals surface area contributed by atoms with Gasteiger partial charge in [0, 0.05) is 11.6 Å². The highest BCUT2D eigenvalue weighted by molar-refractivity contribution is 5.76. The second kappa shape index (κ2) is 8.40. The topological polar surface area (TPSA) is 84.2 Å². The van der Waals surface area contributed by atoms with Crippen molar-refractivity contribution in [2.45, 2.75) is 32.9 Å². The van der Waals surface area contributed by atoms with Crippen molar-refractivity contribution in [2.24, 2.45) is 5.92 Å². The van der Waals surface area contributed by atoms with E-state index in [1.54, 1.807) is 6.07 Å². The molecule has 6 nitrogen and oxygen atoms in total. The van der Waals surface area contributed by atoms with Gasteiger partial charge in [-0.2, -0.15) is 5.10 Å². The van der Waals surface area contributed by atoms with Gasteiger partial charge in [-0.25, -0.2) is 4.68 Å². The van der Waals surface area contributed by atoms with Crippen molar-refractivity contribution >= 4 is 5.91 Å². The van der Waals surface area contributed by atoms with E-state index in [4.69, 9.17) is 0 Å². The molecule has 0 saturated carbocycles. The first-order valence-electron chi connectivity index (χ1n) is 8.09. The Morgan fingerprint density at radius 3 is 2.58 bits per heavy atom. The highest BCUT2D eigenvalue weighted by Gasteiger charge is 2.18. The molecule has 128 valence electrons. The quantitative estimate of drug-likeness (QED) is 0.805. The van der Waals surface area contributed by atoms with Crippen LogP contribution in [0.15, 0.2) is 47.3 Å². The number of rotatable bonds is 7. The van der Waals surface area contributed by atoms with Gasteiger partial charge in [-0.3, -0.25) is 9.59 Å². The molecule has 2 aromatic rings. The molecule has 1 heterocycles. The first kappa shape index (κ1) is 17.9. The molecule has 1 aromatic carbocycles. The molecule has 0 saturated heterocycles. The van der Waals surface area contributed by atoms with Crippen molar-refractivity contribution in [3.63, 3.8) is 0 Å². The summed E-state index contributed by atoms with van der Waals surface area (Å²) >= 11 is 0. The molecule has 0 radical (unpaired) electrons. The van der Waals surface area contributed by atoms with E-state index in [-0.39, 0.29) is 36.6 Å². The van der Waals surface area contributed by atoms with Gasteiger partial charge in [0.1, 0.15) is 6.54 Å². The van der Waals surface area contributed by atoms with Crippen molar-refractivity contribution in [2.75, 3.05) is 6.61 Å². The fourth-order valence-electron chi connectivity index (χ4n) is 2.37. The standard InChI is InChI=1S/C18H23N3O3/c1-3-13(2)16(12-22)19-17(23)11-21-18(24)10-9-15(20-21)14-7-5-4-6-8-14/h4-10,13,16,22H,3,11-12H2,1-2H3,(H,19,23)/t13-,16-/m0/s1. The molecule has 24 heavy (non-hydrogen) atoms. The molecule has 0 aliphatic carbocycles. The summed E-state index contributed by atoms with van der Waals surface area (Å²) in [5, 5.41) is 16.4. The molecule has 0 aliphatic rings. The average Bonchev–Trinajstić information content (AvgIpc) is 2.61. The van der Waals surface area contributed by atoms with Gasteiger partial charge in [-0.1, -0.05) is 50.6 Å². The predicted molar refractivity (Wildman–Crippen MR) is 92.4 cm³/mol. The number of amides is 1. The highest BCUT2D eigenvalue weighted by atomic mass is 16.3. The minimum atomic E-state index is -0.339. The Morgan fingerprint density at radius 1 is 1.25 bits per heavy atom. The number of carbonyl (C=O) groups is 1. The second-order valence-electron chi connectivity index (χ2n) is 5.82. The molecule has 6 heteroatoms. The SMILES string of the molecule is CC[C@H](C)[C@H](CO)NC(=O)Cn1nc(-c2ccccc2)ccc1=O. The first-order valence-corrected chi connectivity index (χ1v) is 8.09. The zero-order chi connectivity index (χ0) is 17.5. The number of aromatic nitrogens is 2. The lowest BCUT2D eigenvalue weighted by Gasteiger charge is -2.22. The molecule has 0 unspecified atom stereocenters. The number of nitrogens with zero attached hydrogens (tertiary/aromatic N) is 2. The van der Waals surface area contributed by atoms with Gasteiger partial charge in [0.15, 0.2) is 0 Å². The minimum Gasteiger partial charge on any atom is -0.394 e. The van der Waals surface area contributed by atoms with Crippen LogP contribution in [-0.2, 0) is 11.3 Å². The summed E-state index contributed by atoms with van der Waals surface area (Å²) in [7, 11) is 0. The van der Waals surface area contributed by atoms with Crippen molar-refractivity contribution in [1.29, 1.82) is 0 Å². The van der Waals surface area contributed by atoms with E-state index in [0.29, 0.717) is 5.69 Å². The van der Waals surface area contributed by atoms with Crippen LogP contribution < -0.4 is 10.9 Å². The third-order valence-electron chi connectivity index (χ3n) is 4.10. The van der Waals surface area contributed by atoms with E-state index in [9.17, 15) is 14.7 Å². The monoisotopic (exact) mass is 329 g/mol. The van der Waals surface area contributed by atoms with E-state index in [1.165, 1.54) is 6.07 Å². The Bertz CT molecular complexity index is 728. The number of carbonyl (C=O) groups excluding carboxylic acids is 1. The average molecular weight is 329 g/mol. The minimum absolute atomic E-state index is 0.132. The first-order chi connectivity index (χ1) is 11.5.